The number of pyridine rings is 1. The predicted molar refractivity (Wildman–Crippen MR) is 84.0 cm³/mol. The first-order chi connectivity index (χ1) is 11.3. The molecule has 0 aromatic carbocycles. The zero-order valence-electron chi connectivity index (χ0n) is 12.6. The second-order valence-electron chi connectivity index (χ2n) is 5.66. The van der Waals surface area contributed by atoms with Crippen LogP contribution in [0.5, 0.6) is 0 Å². The summed E-state index contributed by atoms with van der Waals surface area (Å²) in [6.07, 6.45) is 6.67. The summed E-state index contributed by atoms with van der Waals surface area (Å²) >= 11 is 0. The van der Waals surface area contributed by atoms with Crippen molar-refractivity contribution >= 4 is 11.0 Å². The van der Waals surface area contributed by atoms with Crippen molar-refractivity contribution in [2.45, 2.75) is 31.9 Å². The van der Waals surface area contributed by atoms with Gasteiger partial charge in [0.25, 0.3) is 5.56 Å². The molecule has 4 rings (SSSR count). The summed E-state index contributed by atoms with van der Waals surface area (Å²) in [6, 6.07) is 5.68. The highest BCUT2D eigenvalue weighted by Gasteiger charge is 2.20. The molecule has 1 saturated heterocycles. The Morgan fingerprint density at radius 3 is 3.09 bits per heavy atom. The zero-order chi connectivity index (χ0) is 15.6. The normalized spacial score (nSPS) is 18.3. The van der Waals surface area contributed by atoms with Gasteiger partial charge >= 0.3 is 0 Å². The second-order valence-corrected chi connectivity index (χ2v) is 5.66. The third kappa shape index (κ3) is 2.75. The highest BCUT2D eigenvalue weighted by atomic mass is 16.5. The lowest BCUT2D eigenvalue weighted by molar-refractivity contribution is -0.0370. The zero-order valence-corrected chi connectivity index (χ0v) is 12.6. The van der Waals surface area contributed by atoms with Crippen molar-refractivity contribution < 1.29 is 4.74 Å². The van der Waals surface area contributed by atoms with Crippen LogP contribution in [0.3, 0.4) is 0 Å². The van der Waals surface area contributed by atoms with Gasteiger partial charge in [0.1, 0.15) is 11.2 Å². The highest BCUT2D eigenvalue weighted by molar-refractivity contribution is 5.73. The van der Waals surface area contributed by atoms with Crippen molar-refractivity contribution in [1.82, 2.24) is 24.7 Å². The number of ether oxygens (including phenoxy) is 1. The Balaban J connectivity index is 1.74. The summed E-state index contributed by atoms with van der Waals surface area (Å²) in [4.78, 5) is 24.0. The fraction of sp³-hybridized carbons (Fsp3) is 0.375. The summed E-state index contributed by atoms with van der Waals surface area (Å²) in [6.45, 7) is 0.718. The maximum Gasteiger partial charge on any atom is 0.262 e. The van der Waals surface area contributed by atoms with E-state index in [1.54, 1.807) is 17.1 Å². The van der Waals surface area contributed by atoms with Crippen LogP contribution in [0.25, 0.3) is 11.0 Å². The summed E-state index contributed by atoms with van der Waals surface area (Å²) in [5.41, 5.74) is 1.25. The number of aromatic nitrogens is 5. The van der Waals surface area contributed by atoms with Crippen LogP contribution in [-0.2, 0) is 11.2 Å². The van der Waals surface area contributed by atoms with E-state index in [1.165, 1.54) is 0 Å². The van der Waals surface area contributed by atoms with Gasteiger partial charge in [0.15, 0.2) is 11.9 Å². The molecule has 0 spiro atoms. The van der Waals surface area contributed by atoms with Crippen molar-refractivity contribution in [1.29, 1.82) is 0 Å². The molecule has 0 radical (unpaired) electrons. The maximum absolute atomic E-state index is 12.3. The van der Waals surface area contributed by atoms with Crippen LogP contribution < -0.4 is 5.56 Å². The number of aromatic amines is 1. The Morgan fingerprint density at radius 2 is 2.30 bits per heavy atom. The van der Waals surface area contributed by atoms with E-state index in [1.807, 2.05) is 18.2 Å². The van der Waals surface area contributed by atoms with Crippen molar-refractivity contribution in [2.24, 2.45) is 0 Å². The standard InChI is InChI=1S/C16H17N5O2/c22-16-12-10-18-21(14-6-2-4-8-23-14)15(12)19-13(20-16)9-11-5-1-3-7-17-11/h1,3,5,7,10,14H,2,4,6,8-9H2,(H,19,20,22). The molecule has 7 heteroatoms. The van der Waals surface area contributed by atoms with Gasteiger partial charge in [0, 0.05) is 24.9 Å². The van der Waals surface area contributed by atoms with E-state index in [9.17, 15) is 4.79 Å². The van der Waals surface area contributed by atoms with E-state index in [2.05, 4.69) is 20.1 Å². The summed E-state index contributed by atoms with van der Waals surface area (Å²) in [7, 11) is 0. The molecule has 3 aromatic rings. The van der Waals surface area contributed by atoms with Crippen molar-refractivity contribution in [3.05, 3.63) is 52.5 Å². The Bertz CT molecular complexity index is 865. The Labute approximate surface area is 132 Å². The SMILES string of the molecule is O=c1[nH]c(Cc2ccccn2)nc2c1cnn2C1CCCCO1. The number of hydrogen-bond donors (Lipinski definition) is 1. The van der Waals surface area contributed by atoms with Gasteiger partial charge < -0.3 is 9.72 Å². The third-order valence-corrected chi connectivity index (χ3v) is 4.02. The Hall–Kier alpha value is -2.54. The lowest BCUT2D eigenvalue weighted by atomic mass is 10.2. The smallest absolute Gasteiger partial charge is 0.262 e. The summed E-state index contributed by atoms with van der Waals surface area (Å²) < 4.78 is 7.49. The third-order valence-electron chi connectivity index (χ3n) is 4.02. The van der Waals surface area contributed by atoms with Gasteiger partial charge in [-0.25, -0.2) is 9.67 Å². The first-order valence-electron chi connectivity index (χ1n) is 7.79. The molecule has 1 fully saturated rings. The van der Waals surface area contributed by atoms with Crippen LogP contribution in [0.4, 0.5) is 0 Å². The monoisotopic (exact) mass is 311 g/mol. The van der Waals surface area contributed by atoms with Crippen molar-refractivity contribution in [3.63, 3.8) is 0 Å². The fourth-order valence-electron chi connectivity index (χ4n) is 2.87. The quantitative estimate of drug-likeness (QED) is 0.797. The van der Waals surface area contributed by atoms with Crippen LogP contribution in [0.1, 0.15) is 37.0 Å². The van der Waals surface area contributed by atoms with E-state index in [0.29, 0.717) is 23.3 Å². The average molecular weight is 311 g/mol. The van der Waals surface area contributed by atoms with E-state index >= 15 is 0 Å². The molecule has 1 aliphatic rings. The molecular formula is C16H17N5O2. The number of nitrogens with one attached hydrogen (secondary N) is 1. The van der Waals surface area contributed by atoms with E-state index < -0.39 is 0 Å². The minimum absolute atomic E-state index is 0.141. The molecule has 0 aliphatic carbocycles. The van der Waals surface area contributed by atoms with Crippen LogP contribution in [0.2, 0.25) is 0 Å². The molecule has 0 amide bonds. The minimum atomic E-state index is -0.178. The lowest BCUT2D eigenvalue weighted by Gasteiger charge is -2.23. The number of hydrogen-bond acceptors (Lipinski definition) is 5. The minimum Gasteiger partial charge on any atom is -0.356 e. The molecule has 0 saturated carbocycles. The Kier molecular flexibility index (Phi) is 3.63. The van der Waals surface area contributed by atoms with Gasteiger partial charge in [0.05, 0.1) is 6.20 Å². The Morgan fingerprint density at radius 1 is 1.35 bits per heavy atom. The lowest BCUT2D eigenvalue weighted by Crippen LogP contribution is -2.20. The molecule has 1 atom stereocenters. The molecule has 3 aromatic heterocycles. The van der Waals surface area contributed by atoms with Crippen LogP contribution in [0.15, 0.2) is 35.4 Å². The van der Waals surface area contributed by atoms with Crippen LogP contribution >= 0.6 is 0 Å². The molecule has 0 bridgehead atoms. The van der Waals surface area contributed by atoms with Gasteiger partial charge in [-0.3, -0.25) is 9.78 Å². The van der Waals surface area contributed by atoms with Gasteiger partial charge in [-0.05, 0) is 31.4 Å². The first-order valence-corrected chi connectivity index (χ1v) is 7.79. The second kappa shape index (κ2) is 5.92. The van der Waals surface area contributed by atoms with Gasteiger partial charge in [-0.1, -0.05) is 6.07 Å². The van der Waals surface area contributed by atoms with Crippen LogP contribution in [0, 0.1) is 0 Å². The largest absolute Gasteiger partial charge is 0.356 e. The molecule has 1 aliphatic heterocycles. The van der Waals surface area contributed by atoms with E-state index in [4.69, 9.17) is 4.74 Å². The fourth-order valence-corrected chi connectivity index (χ4v) is 2.87. The highest BCUT2D eigenvalue weighted by Crippen LogP contribution is 2.24. The average Bonchev–Trinajstić information content (AvgIpc) is 3.01. The van der Waals surface area contributed by atoms with Crippen LogP contribution in [-0.4, -0.2) is 31.3 Å². The van der Waals surface area contributed by atoms with Crippen molar-refractivity contribution in [2.75, 3.05) is 6.61 Å². The van der Waals surface area contributed by atoms with Gasteiger partial charge in [-0.2, -0.15) is 5.10 Å². The van der Waals surface area contributed by atoms with Gasteiger partial charge in [0.2, 0.25) is 0 Å². The summed E-state index contributed by atoms with van der Waals surface area (Å²) in [5, 5.41) is 4.81. The maximum atomic E-state index is 12.3. The number of rotatable bonds is 3. The molecular weight excluding hydrogens is 294 g/mol. The molecule has 118 valence electrons. The summed E-state index contributed by atoms with van der Waals surface area (Å²) in [5.74, 6) is 0.582. The number of H-pyrrole nitrogens is 1. The van der Waals surface area contributed by atoms with E-state index in [-0.39, 0.29) is 11.8 Å². The molecule has 23 heavy (non-hydrogen) atoms. The number of nitrogens with zero attached hydrogens (tertiary/aromatic N) is 4. The number of fused-ring (bicyclic) bond motifs is 1. The van der Waals surface area contributed by atoms with Gasteiger partial charge in [-0.15, -0.1) is 0 Å². The molecule has 1 N–H and O–H groups in total. The molecule has 4 heterocycles. The first kappa shape index (κ1) is 14.1. The molecule has 7 nitrogen and oxygen atoms in total. The van der Waals surface area contributed by atoms with Crippen molar-refractivity contribution in [3.8, 4) is 0 Å². The predicted octanol–water partition coefficient (Wildman–Crippen LogP) is 1.80. The molecule has 1 unspecified atom stereocenters. The topological polar surface area (TPSA) is 85.7 Å². The van der Waals surface area contributed by atoms with E-state index in [0.717, 1.165) is 31.6 Å².